The van der Waals surface area contributed by atoms with Crippen LogP contribution in [0.1, 0.15) is 26.2 Å². The number of hydrogen-bond donors (Lipinski definition) is 3. The molecule has 0 saturated carbocycles. The normalized spacial score (nSPS) is 15.6. The minimum Gasteiger partial charge on any atom is -0.481 e. The molecule has 0 heterocycles. The van der Waals surface area contributed by atoms with E-state index in [9.17, 15) is 4.79 Å². The van der Waals surface area contributed by atoms with Crippen LogP contribution in [-0.4, -0.2) is 34.5 Å². The van der Waals surface area contributed by atoms with Crippen LogP contribution < -0.4 is 0 Å². The second kappa shape index (κ2) is 5.11. The first-order valence-electron chi connectivity index (χ1n) is 4.08. The summed E-state index contributed by atoms with van der Waals surface area (Å²) in [5.41, 5.74) is -1.05. The fourth-order valence-electron chi connectivity index (χ4n) is 1.11. The average Bonchev–Trinajstić information content (AvgIpc) is 2.07. The number of hydrogen-bond acceptors (Lipinski definition) is 3. The molecule has 4 heteroatoms. The summed E-state index contributed by atoms with van der Waals surface area (Å²) < 4.78 is 0. The molecular weight excluding hydrogens is 160 g/mol. The van der Waals surface area contributed by atoms with Crippen molar-refractivity contribution in [2.75, 3.05) is 13.2 Å². The molecule has 1 atom stereocenters. The number of carbonyl (C=O) groups is 1. The first kappa shape index (κ1) is 11.4. The van der Waals surface area contributed by atoms with E-state index in [0.717, 1.165) is 0 Å². The molecule has 0 saturated heterocycles. The summed E-state index contributed by atoms with van der Waals surface area (Å²) in [4.78, 5) is 10.7. The SMILES string of the molecule is CCC(CO)(CCCO)C(=O)O. The van der Waals surface area contributed by atoms with Crippen molar-refractivity contribution in [1.29, 1.82) is 0 Å². The van der Waals surface area contributed by atoms with Gasteiger partial charge in [0.2, 0.25) is 0 Å². The third kappa shape index (κ3) is 2.46. The smallest absolute Gasteiger partial charge is 0.311 e. The maximum Gasteiger partial charge on any atom is 0.311 e. The Morgan fingerprint density at radius 2 is 2.00 bits per heavy atom. The molecule has 0 bridgehead atoms. The lowest BCUT2D eigenvalue weighted by Gasteiger charge is -2.24. The highest BCUT2D eigenvalue weighted by Crippen LogP contribution is 2.27. The van der Waals surface area contributed by atoms with Gasteiger partial charge in [0.1, 0.15) is 0 Å². The molecule has 0 fully saturated rings. The van der Waals surface area contributed by atoms with E-state index in [0.29, 0.717) is 19.3 Å². The van der Waals surface area contributed by atoms with Crippen molar-refractivity contribution in [3.05, 3.63) is 0 Å². The van der Waals surface area contributed by atoms with Crippen LogP contribution in [0.25, 0.3) is 0 Å². The molecule has 0 aromatic carbocycles. The van der Waals surface area contributed by atoms with Gasteiger partial charge in [-0.15, -0.1) is 0 Å². The van der Waals surface area contributed by atoms with Crippen LogP contribution in [0.15, 0.2) is 0 Å². The lowest BCUT2D eigenvalue weighted by molar-refractivity contribution is -0.152. The molecule has 12 heavy (non-hydrogen) atoms. The standard InChI is InChI=1S/C8H16O4/c1-2-8(6-10,7(11)12)4-3-5-9/h9-10H,2-6H2,1H3,(H,11,12). The van der Waals surface area contributed by atoms with E-state index in [1.807, 2.05) is 0 Å². The molecule has 72 valence electrons. The highest BCUT2D eigenvalue weighted by atomic mass is 16.4. The predicted octanol–water partition coefficient (Wildman–Crippen LogP) is 0.232. The van der Waals surface area contributed by atoms with Crippen molar-refractivity contribution >= 4 is 5.97 Å². The maximum atomic E-state index is 10.7. The van der Waals surface area contributed by atoms with Gasteiger partial charge < -0.3 is 15.3 Å². The van der Waals surface area contributed by atoms with Crippen molar-refractivity contribution in [2.24, 2.45) is 5.41 Å². The zero-order valence-electron chi connectivity index (χ0n) is 7.29. The Morgan fingerprint density at radius 1 is 1.42 bits per heavy atom. The molecule has 4 nitrogen and oxygen atoms in total. The monoisotopic (exact) mass is 176 g/mol. The van der Waals surface area contributed by atoms with E-state index in [4.69, 9.17) is 15.3 Å². The van der Waals surface area contributed by atoms with Gasteiger partial charge in [-0.3, -0.25) is 4.79 Å². The zero-order chi connectivity index (χ0) is 9.61. The molecule has 0 spiro atoms. The van der Waals surface area contributed by atoms with Gasteiger partial charge in [0, 0.05) is 6.61 Å². The Labute approximate surface area is 71.8 Å². The number of aliphatic hydroxyl groups is 2. The molecule has 0 aromatic rings. The molecule has 0 rings (SSSR count). The molecule has 0 aliphatic carbocycles. The molecule has 0 aromatic heterocycles. The van der Waals surface area contributed by atoms with Crippen molar-refractivity contribution in [3.63, 3.8) is 0 Å². The largest absolute Gasteiger partial charge is 0.481 e. The molecule has 0 aliphatic heterocycles. The number of carboxylic acid groups (broad SMARTS) is 1. The van der Waals surface area contributed by atoms with Crippen molar-refractivity contribution in [3.8, 4) is 0 Å². The van der Waals surface area contributed by atoms with Crippen molar-refractivity contribution in [1.82, 2.24) is 0 Å². The summed E-state index contributed by atoms with van der Waals surface area (Å²) in [5, 5.41) is 26.2. The minimum absolute atomic E-state index is 0.0327. The van der Waals surface area contributed by atoms with E-state index in [1.165, 1.54) is 0 Å². The number of rotatable bonds is 6. The Morgan fingerprint density at radius 3 is 2.25 bits per heavy atom. The number of aliphatic hydroxyl groups excluding tert-OH is 2. The summed E-state index contributed by atoms with van der Waals surface area (Å²) >= 11 is 0. The van der Waals surface area contributed by atoms with Gasteiger partial charge in [-0.1, -0.05) is 6.92 Å². The van der Waals surface area contributed by atoms with E-state index in [-0.39, 0.29) is 13.2 Å². The number of carboxylic acids is 1. The molecule has 0 radical (unpaired) electrons. The first-order valence-corrected chi connectivity index (χ1v) is 4.08. The van der Waals surface area contributed by atoms with E-state index in [2.05, 4.69) is 0 Å². The lowest BCUT2D eigenvalue weighted by atomic mass is 9.81. The highest BCUT2D eigenvalue weighted by molar-refractivity contribution is 5.74. The third-order valence-corrected chi connectivity index (χ3v) is 2.25. The van der Waals surface area contributed by atoms with Gasteiger partial charge >= 0.3 is 5.97 Å². The quantitative estimate of drug-likeness (QED) is 0.541. The molecule has 1 unspecified atom stereocenters. The van der Waals surface area contributed by atoms with Gasteiger partial charge in [0.05, 0.1) is 12.0 Å². The van der Waals surface area contributed by atoms with E-state index < -0.39 is 11.4 Å². The molecular formula is C8H16O4. The second-order valence-electron chi connectivity index (χ2n) is 2.92. The second-order valence-corrected chi connectivity index (χ2v) is 2.92. The fraction of sp³-hybridized carbons (Fsp3) is 0.875. The topological polar surface area (TPSA) is 77.8 Å². The first-order chi connectivity index (χ1) is 5.63. The Balaban J connectivity index is 4.25. The lowest BCUT2D eigenvalue weighted by Crippen LogP contribution is -2.34. The van der Waals surface area contributed by atoms with Gasteiger partial charge in [0.25, 0.3) is 0 Å². The fourth-order valence-corrected chi connectivity index (χ4v) is 1.11. The molecule has 0 aliphatic rings. The van der Waals surface area contributed by atoms with Crippen LogP contribution >= 0.6 is 0 Å². The highest BCUT2D eigenvalue weighted by Gasteiger charge is 2.35. The van der Waals surface area contributed by atoms with Crippen molar-refractivity contribution < 1.29 is 20.1 Å². The summed E-state index contributed by atoms with van der Waals surface area (Å²) in [5.74, 6) is -0.985. The maximum absolute atomic E-state index is 10.7. The van der Waals surface area contributed by atoms with Crippen LogP contribution in [-0.2, 0) is 4.79 Å². The minimum atomic E-state index is -1.05. The third-order valence-electron chi connectivity index (χ3n) is 2.25. The molecule has 3 N–H and O–H groups in total. The van der Waals surface area contributed by atoms with Crippen LogP contribution in [0.2, 0.25) is 0 Å². The van der Waals surface area contributed by atoms with E-state index >= 15 is 0 Å². The van der Waals surface area contributed by atoms with Gasteiger partial charge in [0.15, 0.2) is 0 Å². The summed E-state index contributed by atoms with van der Waals surface area (Å²) in [6.07, 6.45) is 1.13. The van der Waals surface area contributed by atoms with E-state index in [1.54, 1.807) is 6.92 Å². The zero-order valence-corrected chi connectivity index (χ0v) is 7.29. The van der Waals surface area contributed by atoms with Crippen LogP contribution in [0.4, 0.5) is 0 Å². The molecule has 0 amide bonds. The summed E-state index contributed by atoms with van der Waals surface area (Å²) in [6.45, 7) is 1.33. The number of aliphatic carboxylic acids is 1. The summed E-state index contributed by atoms with van der Waals surface area (Å²) in [6, 6.07) is 0. The van der Waals surface area contributed by atoms with Gasteiger partial charge in [-0.25, -0.2) is 0 Å². The van der Waals surface area contributed by atoms with Crippen LogP contribution in [0, 0.1) is 5.41 Å². The average molecular weight is 176 g/mol. The Kier molecular flexibility index (Phi) is 4.85. The van der Waals surface area contributed by atoms with Gasteiger partial charge in [-0.05, 0) is 19.3 Å². The Hall–Kier alpha value is -0.610. The predicted molar refractivity (Wildman–Crippen MR) is 43.8 cm³/mol. The van der Waals surface area contributed by atoms with Gasteiger partial charge in [-0.2, -0.15) is 0 Å². The van der Waals surface area contributed by atoms with Crippen molar-refractivity contribution in [2.45, 2.75) is 26.2 Å². The summed E-state index contributed by atoms with van der Waals surface area (Å²) in [7, 11) is 0. The Bertz CT molecular complexity index is 140. The van der Waals surface area contributed by atoms with Crippen LogP contribution in [0.5, 0.6) is 0 Å². The van der Waals surface area contributed by atoms with Crippen LogP contribution in [0.3, 0.4) is 0 Å².